The predicted octanol–water partition coefficient (Wildman–Crippen LogP) is 1.98. The molecule has 1 unspecified atom stereocenters. The summed E-state index contributed by atoms with van der Waals surface area (Å²) in [5, 5.41) is 13.2. The maximum absolute atomic E-state index is 11.9. The Morgan fingerprint density at radius 3 is 2.83 bits per heavy atom. The van der Waals surface area contributed by atoms with Gasteiger partial charge in [0, 0.05) is 18.3 Å². The molecule has 0 saturated heterocycles. The van der Waals surface area contributed by atoms with Gasteiger partial charge in [0.25, 0.3) is 0 Å². The van der Waals surface area contributed by atoms with E-state index in [1.807, 2.05) is 0 Å². The molecule has 0 fully saturated rings. The Morgan fingerprint density at radius 1 is 1.61 bits per heavy atom. The quantitative estimate of drug-likeness (QED) is 0.695. The van der Waals surface area contributed by atoms with E-state index in [4.69, 9.17) is 10.8 Å². The van der Waals surface area contributed by atoms with Crippen molar-refractivity contribution in [1.82, 2.24) is 4.98 Å². The third-order valence-electron chi connectivity index (χ3n) is 2.02. The van der Waals surface area contributed by atoms with Crippen LogP contribution in [-0.4, -0.2) is 28.8 Å². The summed E-state index contributed by atoms with van der Waals surface area (Å²) in [7, 11) is 0. The van der Waals surface area contributed by atoms with E-state index >= 15 is 0 Å². The summed E-state index contributed by atoms with van der Waals surface area (Å²) < 4.78 is 35.6. The number of hydrogen-bond acceptors (Lipinski definition) is 5. The molecule has 1 atom stereocenters. The van der Waals surface area contributed by atoms with Crippen molar-refractivity contribution in [2.24, 2.45) is 5.73 Å². The minimum absolute atomic E-state index is 0.0661. The zero-order valence-corrected chi connectivity index (χ0v) is 10.0. The number of carboxylic acids is 1. The van der Waals surface area contributed by atoms with Crippen LogP contribution in [0.4, 0.5) is 18.3 Å². The molecule has 0 aliphatic carbocycles. The molecule has 1 rings (SSSR count). The molecule has 0 saturated carbocycles. The lowest BCUT2D eigenvalue weighted by molar-refractivity contribution is -0.139. The van der Waals surface area contributed by atoms with Crippen molar-refractivity contribution in [3.05, 3.63) is 11.1 Å². The van der Waals surface area contributed by atoms with Crippen LogP contribution in [0, 0.1) is 0 Å². The van der Waals surface area contributed by atoms with Crippen LogP contribution in [0.5, 0.6) is 0 Å². The van der Waals surface area contributed by atoms with Gasteiger partial charge in [0.15, 0.2) is 5.13 Å². The number of aromatic nitrogens is 1. The number of aliphatic carboxylic acids is 1. The van der Waals surface area contributed by atoms with Gasteiger partial charge in [0.1, 0.15) is 6.04 Å². The van der Waals surface area contributed by atoms with Crippen molar-refractivity contribution >= 4 is 22.4 Å². The first-order valence-electron chi connectivity index (χ1n) is 5.04. The summed E-state index contributed by atoms with van der Waals surface area (Å²) in [5.74, 6) is -1.20. The van der Waals surface area contributed by atoms with E-state index in [0.29, 0.717) is 5.13 Å². The van der Waals surface area contributed by atoms with Crippen LogP contribution < -0.4 is 11.1 Å². The highest BCUT2D eigenvalue weighted by Crippen LogP contribution is 2.22. The molecule has 0 aliphatic heterocycles. The number of nitrogens with two attached hydrogens (primary N) is 1. The molecule has 0 radical (unpaired) electrons. The van der Waals surface area contributed by atoms with Crippen molar-refractivity contribution in [3.8, 4) is 0 Å². The first-order chi connectivity index (χ1) is 8.29. The number of hydrogen-bond donors (Lipinski definition) is 3. The Kier molecular flexibility index (Phi) is 4.91. The van der Waals surface area contributed by atoms with Crippen molar-refractivity contribution < 1.29 is 23.1 Å². The third-order valence-corrected chi connectivity index (χ3v) is 2.84. The molecule has 0 spiro atoms. The first kappa shape index (κ1) is 14.7. The number of thiazole rings is 1. The van der Waals surface area contributed by atoms with Crippen LogP contribution in [0.15, 0.2) is 5.38 Å². The molecule has 0 aromatic carbocycles. The highest BCUT2D eigenvalue weighted by atomic mass is 32.1. The SMILES string of the molecule is NC(C(=O)O)c1csc(NCCCC(F)(F)F)n1. The van der Waals surface area contributed by atoms with Crippen molar-refractivity contribution in [1.29, 1.82) is 0 Å². The molecule has 102 valence electrons. The zero-order valence-electron chi connectivity index (χ0n) is 9.20. The summed E-state index contributed by atoms with van der Waals surface area (Å²) in [6.07, 6.45) is -5.10. The average molecular weight is 283 g/mol. The van der Waals surface area contributed by atoms with E-state index < -0.39 is 24.6 Å². The molecule has 18 heavy (non-hydrogen) atoms. The summed E-state index contributed by atoms with van der Waals surface area (Å²) in [4.78, 5) is 14.5. The maximum atomic E-state index is 11.9. The lowest BCUT2D eigenvalue weighted by atomic mass is 10.2. The Balaban J connectivity index is 2.38. The number of halogens is 3. The number of anilines is 1. The topological polar surface area (TPSA) is 88.2 Å². The normalized spacial score (nSPS) is 13.3. The van der Waals surface area contributed by atoms with Crippen LogP contribution >= 0.6 is 11.3 Å². The molecular weight excluding hydrogens is 271 g/mol. The third kappa shape index (κ3) is 4.88. The summed E-state index contributed by atoms with van der Waals surface area (Å²) in [6, 6.07) is -1.22. The number of nitrogens with one attached hydrogen (secondary N) is 1. The molecule has 5 nitrogen and oxygen atoms in total. The van der Waals surface area contributed by atoms with E-state index in [2.05, 4.69) is 10.3 Å². The average Bonchev–Trinajstić information content (AvgIpc) is 2.70. The Labute approximate surface area is 105 Å². The molecule has 1 aromatic rings. The van der Waals surface area contributed by atoms with Crippen LogP contribution in [0.3, 0.4) is 0 Å². The van der Waals surface area contributed by atoms with E-state index in [1.165, 1.54) is 5.38 Å². The number of alkyl halides is 3. The monoisotopic (exact) mass is 283 g/mol. The van der Waals surface area contributed by atoms with Gasteiger partial charge in [-0.1, -0.05) is 0 Å². The molecule has 0 aliphatic rings. The second kappa shape index (κ2) is 6.01. The van der Waals surface area contributed by atoms with E-state index in [1.54, 1.807) is 0 Å². The smallest absolute Gasteiger partial charge is 0.389 e. The number of nitrogens with zero attached hydrogens (tertiary/aromatic N) is 1. The largest absolute Gasteiger partial charge is 0.480 e. The molecule has 1 heterocycles. The van der Waals surface area contributed by atoms with Gasteiger partial charge in [0.2, 0.25) is 0 Å². The van der Waals surface area contributed by atoms with Gasteiger partial charge in [-0.05, 0) is 6.42 Å². The van der Waals surface area contributed by atoms with E-state index in [-0.39, 0.29) is 18.7 Å². The molecule has 1 aromatic heterocycles. The maximum Gasteiger partial charge on any atom is 0.389 e. The lowest BCUT2D eigenvalue weighted by Gasteiger charge is -2.06. The standard InChI is InChI=1S/C9H12F3N3O2S/c10-9(11,12)2-1-3-14-8-15-5(4-18-8)6(13)7(16)17/h4,6H,1-3,13H2,(H,14,15)(H,16,17). The summed E-state index contributed by atoms with van der Waals surface area (Å²) in [5.41, 5.74) is 5.52. The first-order valence-corrected chi connectivity index (χ1v) is 5.92. The molecular formula is C9H12F3N3O2S. The van der Waals surface area contributed by atoms with Gasteiger partial charge in [0.05, 0.1) is 5.69 Å². The predicted molar refractivity (Wildman–Crippen MR) is 60.5 cm³/mol. The van der Waals surface area contributed by atoms with Crippen LogP contribution in [0.1, 0.15) is 24.6 Å². The van der Waals surface area contributed by atoms with Crippen molar-refractivity contribution in [2.75, 3.05) is 11.9 Å². The van der Waals surface area contributed by atoms with Crippen LogP contribution in [0.25, 0.3) is 0 Å². The van der Waals surface area contributed by atoms with Gasteiger partial charge >= 0.3 is 12.1 Å². The summed E-state index contributed by atoms with van der Waals surface area (Å²) in [6.45, 7) is 0.120. The number of carboxylic acid groups (broad SMARTS) is 1. The highest BCUT2D eigenvalue weighted by molar-refractivity contribution is 7.13. The number of carbonyl (C=O) groups is 1. The van der Waals surface area contributed by atoms with E-state index in [0.717, 1.165) is 11.3 Å². The summed E-state index contributed by atoms with van der Waals surface area (Å²) >= 11 is 1.11. The highest BCUT2D eigenvalue weighted by Gasteiger charge is 2.26. The van der Waals surface area contributed by atoms with Crippen molar-refractivity contribution in [2.45, 2.75) is 25.1 Å². The molecule has 4 N–H and O–H groups in total. The second-order valence-corrected chi connectivity index (χ2v) is 4.40. The van der Waals surface area contributed by atoms with Gasteiger partial charge in [-0.2, -0.15) is 13.2 Å². The Hall–Kier alpha value is -1.35. The lowest BCUT2D eigenvalue weighted by Crippen LogP contribution is -2.21. The van der Waals surface area contributed by atoms with Crippen LogP contribution in [0.2, 0.25) is 0 Å². The zero-order chi connectivity index (χ0) is 13.8. The fourth-order valence-corrected chi connectivity index (χ4v) is 1.90. The minimum atomic E-state index is -4.17. The second-order valence-electron chi connectivity index (χ2n) is 3.54. The van der Waals surface area contributed by atoms with Crippen LogP contribution in [-0.2, 0) is 4.79 Å². The Morgan fingerprint density at radius 2 is 2.28 bits per heavy atom. The number of rotatable bonds is 6. The fraction of sp³-hybridized carbons (Fsp3) is 0.556. The fourth-order valence-electron chi connectivity index (χ4n) is 1.12. The Bertz CT molecular complexity index is 408. The molecule has 0 amide bonds. The van der Waals surface area contributed by atoms with Gasteiger partial charge < -0.3 is 16.2 Å². The van der Waals surface area contributed by atoms with Crippen molar-refractivity contribution in [3.63, 3.8) is 0 Å². The molecule has 9 heteroatoms. The minimum Gasteiger partial charge on any atom is -0.480 e. The molecule has 0 bridgehead atoms. The van der Waals surface area contributed by atoms with E-state index in [9.17, 15) is 18.0 Å². The van der Waals surface area contributed by atoms with Gasteiger partial charge in [-0.15, -0.1) is 11.3 Å². The van der Waals surface area contributed by atoms with Gasteiger partial charge in [-0.25, -0.2) is 4.98 Å². The van der Waals surface area contributed by atoms with Gasteiger partial charge in [-0.3, -0.25) is 4.79 Å².